The number of aryl methyl sites for hydroxylation is 2. The van der Waals surface area contributed by atoms with Crippen LogP contribution in [0.4, 0.5) is 4.39 Å². The first kappa shape index (κ1) is 20.4. The molecule has 0 saturated carbocycles. The van der Waals surface area contributed by atoms with E-state index >= 15 is 0 Å². The molecule has 3 heterocycles. The van der Waals surface area contributed by atoms with Crippen LogP contribution in [-0.4, -0.2) is 9.97 Å². The number of halogens is 1. The molecule has 0 atom stereocenters. The molecule has 0 aliphatic heterocycles. The molecule has 3 nitrogen and oxygen atoms in total. The van der Waals surface area contributed by atoms with Gasteiger partial charge in [-0.1, -0.05) is 66.3 Å². The molecule has 42 heavy (non-hydrogen) atoms. The fraction of sp³-hybridized carbons (Fsp3) is 0.0811. The third kappa shape index (κ3) is 6.54. The van der Waals surface area contributed by atoms with E-state index in [-0.39, 0.29) is 37.0 Å². The van der Waals surface area contributed by atoms with Crippen LogP contribution in [0.2, 0.25) is 0 Å². The van der Waals surface area contributed by atoms with Gasteiger partial charge in [0.25, 0.3) is 0 Å². The summed E-state index contributed by atoms with van der Waals surface area (Å²) in [5.41, 5.74) is 4.78. The van der Waals surface area contributed by atoms with Crippen molar-refractivity contribution in [2.24, 2.45) is 0 Å². The fourth-order valence-corrected chi connectivity index (χ4v) is 4.38. The first-order chi connectivity index (χ1) is 23.2. The van der Waals surface area contributed by atoms with E-state index in [0.717, 1.165) is 10.8 Å². The molecule has 0 saturated heterocycles. The largest absolute Gasteiger partial charge is 0.500 e. The predicted octanol–water partition coefficient (Wildman–Crippen LogP) is 9.34. The number of aromatic nitrogens is 2. The van der Waals surface area contributed by atoms with Gasteiger partial charge >= 0.3 is 0 Å². The number of furan rings is 1. The molecule has 7 rings (SSSR count). The van der Waals surface area contributed by atoms with Gasteiger partial charge in [-0.2, -0.15) is 0 Å². The number of benzene rings is 4. The Balaban J connectivity index is 0.000000204. The molecule has 0 unspecified atom stereocenters. The number of nitrogens with zero attached hydrogens (tertiary/aromatic N) is 2. The summed E-state index contributed by atoms with van der Waals surface area (Å²) in [6.07, 6.45) is 1.21. The van der Waals surface area contributed by atoms with Crippen molar-refractivity contribution in [3.8, 4) is 22.5 Å². The summed E-state index contributed by atoms with van der Waals surface area (Å²) in [6.45, 7) is -4.34. The molecule has 0 spiro atoms. The molecule has 0 aliphatic carbocycles. The number of rotatable bonds is 4. The Morgan fingerprint density at radius 3 is 2.43 bits per heavy atom. The molecule has 5 heteroatoms. The number of pyridine rings is 2. The van der Waals surface area contributed by atoms with Gasteiger partial charge in [0.15, 0.2) is 0 Å². The maximum absolute atomic E-state index is 13.6. The number of hydrogen-bond donors (Lipinski definition) is 0. The molecular formula is C37H27FIrN2O-2. The first-order valence-electron chi connectivity index (χ1n) is 16.8. The molecule has 0 N–H and O–H groups in total. The summed E-state index contributed by atoms with van der Waals surface area (Å²) >= 11 is 0. The molecule has 1 radical (unpaired) electrons. The summed E-state index contributed by atoms with van der Waals surface area (Å²) < 4.78 is 80.4. The minimum Gasteiger partial charge on any atom is -0.500 e. The van der Waals surface area contributed by atoms with Crippen LogP contribution >= 0.6 is 0 Å². The fourth-order valence-electron chi connectivity index (χ4n) is 4.38. The van der Waals surface area contributed by atoms with Crippen LogP contribution < -0.4 is 0 Å². The Morgan fingerprint density at radius 1 is 0.810 bits per heavy atom. The van der Waals surface area contributed by atoms with Gasteiger partial charge in [0.05, 0.1) is 5.58 Å². The minimum absolute atomic E-state index is 0. The standard InChI is InChI=1S/C24H15FNO.C13H12N.Ir/c25-18-9-10-19-20-7-4-8-21(24(20)27-23(19)15-18)22-14-17(11-12-26-22)13-16-5-2-1-3-6-16;1-10-3-6-12(7-4-10)13-8-5-11(2)9-14-13;/h1-7,9-12,14-15H,13H2;3-6,8-9H,1-2H3;/q2*-1;/i13D2;1D3,2D3;. The zero-order valence-corrected chi connectivity index (χ0v) is 24.4. The Labute approximate surface area is 269 Å². The van der Waals surface area contributed by atoms with Crippen LogP contribution in [0, 0.1) is 31.7 Å². The maximum Gasteiger partial charge on any atom is 0.126 e. The smallest absolute Gasteiger partial charge is 0.126 e. The summed E-state index contributed by atoms with van der Waals surface area (Å²) in [6, 6.07) is 34.1. The van der Waals surface area contributed by atoms with E-state index < -0.39 is 20.1 Å². The van der Waals surface area contributed by atoms with E-state index in [1.54, 1.807) is 54.7 Å². The van der Waals surface area contributed by atoms with Gasteiger partial charge in [-0.3, -0.25) is 0 Å². The van der Waals surface area contributed by atoms with E-state index in [9.17, 15) is 4.39 Å². The summed E-state index contributed by atoms with van der Waals surface area (Å²) in [5.74, 6) is -0.363. The van der Waals surface area contributed by atoms with Crippen molar-refractivity contribution in [3.63, 3.8) is 0 Å². The molecule has 4 aromatic carbocycles. The third-order valence-corrected chi connectivity index (χ3v) is 6.33. The van der Waals surface area contributed by atoms with Gasteiger partial charge in [0, 0.05) is 54.9 Å². The molecule has 0 aliphatic rings. The van der Waals surface area contributed by atoms with Gasteiger partial charge in [0.1, 0.15) is 11.4 Å². The molecule has 3 aromatic heterocycles. The van der Waals surface area contributed by atoms with E-state index in [2.05, 4.69) is 22.1 Å². The average molecular weight is 735 g/mol. The van der Waals surface area contributed by atoms with Crippen LogP contribution in [0.1, 0.15) is 33.2 Å². The number of hydrogen-bond acceptors (Lipinski definition) is 3. The van der Waals surface area contributed by atoms with Crippen LogP contribution in [0.25, 0.3) is 44.5 Å². The number of fused-ring (bicyclic) bond motifs is 3. The molecule has 0 amide bonds. The van der Waals surface area contributed by atoms with Gasteiger partial charge in [-0.15, -0.1) is 53.6 Å². The predicted molar refractivity (Wildman–Crippen MR) is 163 cm³/mol. The second-order valence-corrected chi connectivity index (χ2v) is 9.18. The normalized spacial score (nSPS) is 14.4. The van der Waals surface area contributed by atoms with Crippen molar-refractivity contribution in [2.45, 2.75) is 20.1 Å². The Hall–Kier alpha value is -4.44. The molecular weight excluding hydrogens is 700 g/mol. The SMILES string of the molecule is [2H]C([2H])([2H])c1c[c-]c(-c2ccc(C([2H])([2H])[2H])cn2)cc1.[2H]C([2H])(c1ccccc1)c1ccnc(-c2[c-]ccc3c2oc2cc(F)ccc23)c1.[Ir]. The first-order valence-corrected chi connectivity index (χ1v) is 12.8. The second kappa shape index (κ2) is 13.0. The van der Waals surface area contributed by atoms with E-state index in [0.29, 0.717) is 44.8 Å². The van der Waals surface area contributed by atoms with E-state index in [1.165, 1.54) is 36.5 Å². The van der Waals surface area contributed by atoms with E-state index in [1.807, 2.05) is 24.3 Å². The van der Waals surface area contributed by atoms with Crippen molar-refractivity contribution in [3.05, 3.63) is 156 Å². The van der Waals surface area contributed by atoms with Crippen LogP contribution in [0.5, 0.6) is 0 Å². The zero-order chi connectivity index (χ0) is 35.0. The van der Waals surface area contributed by atoms with Gasteiger partial charge in [-0.05, 0) is 59.5 Å². The van der Waals surface area contributed by atoms with Crippen molar-refractivity contribution in [2.75, 3.05) is 0 Å². The average Bonchev–Trinajstić information content (AvgIpc) is 3.46. The Morgan fingerprint density at radius 2 is 1.67 bits per heavy atom. The van der Waals surface area contributed by atoms with Crippen LogP contribution in [0.3, 0.4) is 0 Å². The maximum atomic E-state index is 13.6. The Bertz CT molecular complexity index is 2180. The van der Waals surface area contributed by atoms with E-state index in [4.69, 9.17) is 15.4 Å². The second-order valence-electron chi connectivity index (χ2n) is 9.18. The zero-order valence-electron chi connectivity index (χ0n) is 30.0. The van der Waals surface area contributed by atoms with Crippen molar-refractivity contribution in [1.29, 1.82) is 0 Å². The summed E-state index contributed by atoms with van der Waals surface area (Å²) in [7, 11) is 0. The van der Waals surface area contributed by atoms with Crippen LogP contribution in [0.15, 0.2) is 120 Å². The van der Waals surface area contributed by atoms with Crippen LogP contribution in [-0.2, 0) is 26.5 Å². The summed E-state index contributed by atoms with van der Waals surface area (Å²) in [4.78, 5) is 8.50. The summed E-state index contributed by atoms with van der Waals surface area (Å²) in [5, 5.41) is 1.65. The molecule has 0 bridgehead atoms. The topological polar surface area (TPSA) is 38.9 Å². The monoisotopic (exact) mass is 735 g/mol. The van der Waals surface area contributed by atoms with Crippen molar-refractivity contribution >= 4 is 21.9 Å². The third-order valence-electron chi connectivity index (χ3n) is 6.33. The molecule has 7 aromatic rings. The van der Waals surface area contributed by atoms with Gasteiger partial charge in [-0.25, -0.2) is 4.39 Å². The minimum atomic E-state index is -2.18. The quantitative estimate of drug-likeness (QED) is 0.169. The Kier molecular flexibility index (Phi) is 6.34. The molecule has 0 fully saturated rings. The van der Waals surface area contributed by atoms with Gasteiger partial charge in [0.2, 0.25) is 0 Å². The molecule has 209 valence electrons. The van der Waals surface area contributed by atoms with Crippen molar-refractivity contribution < 1.29 is 39.9 Å². The van der Waals surface area contributed by atoms with Gasteiger partial charge < -0.3 is 14.4 Å². The van der Waals surface area contributed by atoms with Crippen molar-refractivity contribution in [1.82, 2.24) is 9.97 Å².